The first-order valence-electron chi connectivity index (χ1n) is 6.63. The van der Waals surface area contributed by atoms with Crippen molar-refractivity contribution in [3.8, 4) is 0 Å². The van der Waals surface area contributed by atoms with Gasteiger partial charge in [-0.05, 0) is 18.8 Å². The van der Waals surface area contributed by atoms with Crippen molar-refractivity contribution >= 4 is 22.5 Å². The van der Waals surface area contributed by atoms with Crippen LogP contribution in [0.2, 0.25) is 0 Å². The van der Waals surface area contributed by atoms with Crippen LogP contribution in [-0.4, -0.2) is 32.2 Å². The van der Waals surface area contributed by atoms with Gasteiger partial charge in [0.2, 0.25) is 0 Å². The number of hydrogen-bond acceptors (Lipinski definition) is 5. The molecule has 0 amide bonds. The van der Waals surface area contributed by atoms with Crippen molar-refractivity contribution in [1.82, 2.24) is 0 Å². The van der Waals surface area contributed by atoms with Crippen LogP contribution >= 0.6 is 0 Å². The van der Waals surface area contributed by atoms with Gasteiger partial charge in [-0.25, -0.2) is 0 Å². The molecule has 0 spiro atoms. The molecule has 2 rings (SSSR count). The first-order valence-corrected chi connectivity index (χ1v) is 8.20. The highest BCUT2D eigenvalue weighted by Crippen LogP contribution is 2.51. The highest BCUT2D eigenvalue weighted by molar-refractivity contribution is 7.86. The number of unbranched alkanes of at least 4 members (excludes halogenated alkanes) is 1. The molecule has 0 heterocycles. The van der Waals surface area contributed by atoms with E-state index < -0.39 is 15.7 Å². The van der Waals surface area contributed by atoms with Crippen LogP contribution in [0.25, 0.3) is 0 Å². The average molecular weight is 284 g/mol. The Morgan fingerprint density at radius 3 is 2.74 bits per heavy atom. The zero-order valence-electron chi connectivity index (χ0n) is 11.0. The van der Waals surface area contributed by atoms with Crippen LogP contribution in [0.1, 0.15) is 26.2 Å². The standard InChI is InChI=1S/C13H20N2O3S/c1-2-3-6-19(16,17)18-13(9-15)11-5-4-10(7-11)12(13)8-14/h4-5,8-12,14-15H,2-3,6-7H2,1H3. The second kappa shape index (κ2) is 5.17. The molecule has 4 atom stereocenters. The van der Waals surface area contributed by atoms with Gasteiger partial charge in [0.05, 0.1) is 5.75 Å². The van der Waals surface area contributed by atoms with Gasteiger partial charge in [0.25, 0.3) is 10.1 Å². The van der Waals surface area contributed by atoms with E-state index in [0.29, 0.717) is 6.42 Å². The van der Waals surface area contributed by atoms with Gasteiger partial charge in [0.15, 0.2) is 0 Å². The average Bonchev–Trinajstić information content (AvgIpc) is 2.95. The van der Waals surface area contributed by atoms with Crippen molar-refractivity contribution in [3.63, 3.8) is 0 Å². The first kappa shape index (κ1) is 14.4. The van der Waals surface area contributed by atoms with Crippen LogP contribution in [-0.2, 0) is 14.3 Å². The lowest BCUT2D eigenvalue weighted by atomic mass is 9.80. The summed E-state index contributed by atoms with van der Waals surface area (Å²) in [5.41, 5.74) is -1.17. The predicted octanol–water partition coefficient (Wildman–Crippen LogP) is 1.99. The molecule has 4 unspecified atom stereocenters. The largest absolute Gasteiger partial charge is 0.313 e. The number of allylic oxidation sites excluding steroid dienone is 1. The van der Waals surface area contributed by atoms with Crippen LogP contribution < -0.4 is 0 Å². The molecule has 6 heteroatoms. The molecule has 0 aromatic rings. The minimum Gasteiger partial charge on any atom is -0.313 e. The molecular weight excluding hydrogens is 264 g/mol. The molecule has 1 saturated carbocycles. The lowest BCUT2D eigenvalue weighted by Gasteiger charge is -2.35. The second-order valence-electron chi connectivity index (χ2n) is 5.28. The molecule has 106 valence electrons. The van der Waals surface area contributed by atoms with E-state index in [1.165, 1.54) is 6.21 Å². The zero-order valence-corrected chi connectivity index (χ0v) is 11.8. The predicted molar refractivity (Wildman–Crippen MR) is 74.3 cm³/mol. The minimum absolute atomic E-state index is 0.0229. The van der Waals surface area contributed by atoms with E-state index in [9.17, 15) is 8.42 Å². The first-order chi connectivity index (χ1) is 8.99. The van der Waals surface area contributed by atoms with Crippen molar-refractivity contribution in [2.24, 2.45) is 17.8 Å². The highest BCUT2D eigenvalue weighted by Gasteiger charge is 2.57. The third-order valence-corrected chi connectivity index (χ3v) is 5.43. The SMILES string of the molecule is CCCCS(=O)(=O)OC1(C=N)C2C=CC(C2)C1C=N. The van der Waals surface area contributed by atoms with Crippen LogP contribution in [0.15, 0.2) is 12.2 Å². The Labute approximate surface area is 114 Å². The molecule has 1 fully saturated rings. The Kier molecular flexibility index (Phi) is 3.92. The summed E-state index contributed by atoms with van der Waals surface area (Å²) >= 11 is 0. The van der Waals surface area contributed by atoms with Gasteiger partial charge in [-0.3, -0.25) is 4.18 Å². The van der Waals surface area contributed by atoms with E-state index in [4.69, 9.17) is 15.0 Å². The molecule has 19 heavy (non-hydrogen) atoms. The fourth-order valence-electron chi connectivity index (χ4n) is 3.09. The third kappa shape index (κ3) is 2.39. The summed E-state index contributed by atoms with van der Waals surface area (Å²) in [6, 6.07) is 0. The van der Waals surface area contributed by atoms with Gasteiger partial charge >= 0.3 is 0 Å². The summed E-state index contributed by atoms with van der Waals surface area (Å²) in [7, 11) is -3.65. The second-order valence-corrected chi connectivity index (χ2v) is 6.97. The molecule has 0 aromatic heterocycles. The topological polar surface area (TPSA) is 91.1 Å². The molecule has 2 N–H and O–H groups in total. The summed E-state index contributed by atoms with van der Waals surface area (Å²) in [6.45, 7) is 1.92. The Bertz CT molecular complexity index is 500. The summed E-state index contributed by atoms with van der Waals surface area (Å²) < 4.78 is 29.4. The van der Waals surface area contributed by atoms with E-state index >= 15 is 0 Å². The maximum absolute atomic E-state index is 12.0. The molecule has 0 aromatic carbocycles. The smallest absolute Gasteiger partial charge is 0.268 e. The lowest BCUT2D eigenvalue weighted by Crippen LogP contribution is -2.48. The number of rotatable bonds is 7. The monoisotopic (exact) mass is 284 g/mol. The van der Waals surface area contributed by atoms with Gasteiger partial charge in [-0.1, -0.05) is 25.5 Å². The molecule has 2 aliphatic rings. The van der Waals surface area contributed by atoms with Gasteiger partial charge < -0.3 is 10.8 Å². The van der Waals surface area contributed by atoms with Crippen molar-refractivity contribution in [2.45, 2.75) is 31.8 Å². The molecule has 2 aliphatic carbocycles. The van der Waals surface area contributed by atoms with E-state index in [0.717, 1.165) is 19.1 Å². The molecule has 2 bridgehead atoms. The van der Waals surface area contributed by atoms with Gasteiger partial charge in [-0.2, -0.15) is 8.42 Å². The van der Waals surface area contributed by atoms with Crippen molar-refractivity contribution in [1.29, 1.82) is 10.8 Å². The van der Waals surface area contributed by atoms with Crippen molar-refractivity contribution in [2.75, 3.05) is 5.75 Å². The van der Waals surface area contributed by atoms with Crippen molar-refractivity contribution < 1.29 is 12.6 Å². The number of nitrogens with one attached hydrogen (secondary N) is 2. The van der Waals surface area contributed by atoms with Gasteiger partial charge in [0.1, 0.15) is 5.60 Å². The summed E-state index contributed by atoms with van der Waals surface area (Å²) in [5, 5.41) is 15.2. The van der Waals surface area contributed by atoms with E-state index in [2.05, 4.69) is 0 Å². The third-order valence-electron chi connectivity index (χ3n) is 4.10. The number of fused-ring (bicyclic) bond motifs is 2. The maximum Gasteiger partial charge on any atom is 0.268 e. The zero-order chi connectivity index (χ0) is 14.1. The fraction of sp³-hybridized carbons (Fsp3) is 0.692. The maximum atomic E-state index is 12.0. The van der Waals surface area contributed by atoms with Crippen LogP contribution in [0.5, 0.6) is 0 Å². The fourth-order valence-corrected chi connectivity index (χ4v) is 4.54. The summed E-state index contributed by atoms with van der Waals surface area (Å²) in [4.78, 5) is 0. The van der Waals surface area contributed by atoms with E-state index in [-0.39, 0.29) is 23.5 Å². The van der Waals surface area contributed by atoms with Crippen LogP contribution in [0.4, 0.5) is 0 Å². The van der Waals surface area contributed by atoms with Crippen molar-refractivity contribution in [3.05, 3.63) is 12.2 Å². The molecule has 5 nitrogen and oxygen atoms in total. The van der Waals surface area contributed by atoms with Gasteiger partial charge in [0, 0.05) is 24.3 Å². The normalized spacial score (nSPS) is 36.6. The summed E-state index contributed by atoms with van der Waals surface area (Å²) in [6.07, 6.45) is 8.33. The van der Waals surface area contributed by atoms with Gasteiger partial charge in [-0.15, -0.1) is 0 Å². The molecule has 0 aliphatic heterocycles. The summed E-state index contributed by atoms with van der Waals surface area (Å²) in [5.74, 6) is -0.370. The minimum atomic E-state index is -3.65. The van der Waals surface area contributed by atoms with Crippen LogP contribution in [0.3, 0.4) is 0 Å². The highest BCUT2D eigenvalue weighted by atomic mass is 32.2. The van der Waals surface area contributed by atoms with Crippen LogP contribution in [0, 0.1) is 28.6 Å². The molecule has 0 saturated heterocycles. The van der Waals surface area contributed by atoms with E-state index in [1.807, 2.05) is 19.1 Å². The molecule has 0 radical (unpaired) electrons. The Balaban J connectivity index is 2.26. The van der Waals surface area contributed by atoms with E-state index in [1.54, 1.807) is 0 Å². The molecular formula is C13H20N2O3S. The Hall–Kier alpha value is -1.01. The quantitative estimate of drug-likeness (QED) is 0.425. The number of hydrogen-bond donors (Lipinski definition) is 2. The lowest BCUT2D eigenvalue weighted by molar-refractivity contribution is 0.103. The Morgan fingerprint density at radius 1 is 1.42 bits per heavy atom. The Morgan fingerprint density at radius 2 is 2.16 bits per heavy atom.